The molecule has 0 unspecified atom stereocenters. The van der Waals surface area contributed by atoms with E-state index >= 15 is 0 Å². The molecule has 5 nitrogen and oxygen atoms in total. The Morgan fingerprint density at radius 2 is 2.42 bits per heavy atom. The first-order valence-corrected chi connectivity index (χ1v) is 4.77. The van der Waals surface area contributed by atoms with Crippen LogP contribution in [0.25, 0.3) is 10.4 Å². The van der Waals surface area contributed by atoms with Crippen molar-refractivity contribution in [3.8, 4) is 0 Å². The van der Waals surface area contributed by atoms with Gasteiger partial charge in [0.25, 0.3) is 0 Å². The number of halogens is 1. The van der Waals surface area contributed by atoms with Gasteiger partial charge in [-0.25, -0.2) is 0 Å². The average molecular weight is 235 g/mol. The van der Waals surface area contributed by atoms with Gasteiger partial charge in [-0.1, -0.05) is 21.0 Å². The Hall–Kier alpha value is -0.740. The zero-order valence-corrected chi connectivity index (χ0v) is 8.25. The smallest absolute Gasteiger partial charge is 0.220 e. The van der Waals surface area contributed by atoms with Gasteiger partial charge in [-0.15, -0.1) is 0 Å². The number of azide groups is 1. The molecule has 0 fully saturated rings. The average Bonchev–Trinajstić information content (AvgIpc) is 2.09. The maximum absolute atomic E-state index is 10.9. The van der Waals surface area contributed by atoms with E-state index in [1.807, 2.05) is 0 Å². The molecular formula is C6H11BrN4O. The van der Waals surface area contributed by atoms with E-state index in [4.69, 9.17) is 5.53 Å². The summed E-state index contributed by atoms with van der Waals surface area (Å²) in [5.74, 6) is 0.00240. The van der Waals surface area contributed by atoms with Crippen LogP contribution < -0.4 is 5.32 Å². The standard InChI is InChI=1S/C6H11BrN4O/c7-3-5-9-6(12)2-1-4-10-11-8/h1-5H2,(H,9,12). The maximum Gasteiger partial charge on any atom is 0.220 e. The molecule has 0 aliphatic heterocycles. The summed E-state index contributed by atoms with van der Waals surface area (Å²) >= 11 is 3.19. The van der Waals surface area contributed by atoms with E-state index in [9.17, 15) is 4.79 Å². The van der Waals surface area contributed by atoms with Crippen molar-refractivity contribution in [3.63, 3.8) is 0 Å². The third-order valence-electron chi connectivity index (χ3n) is 1.14. The second kappa shape index (κ2) is 8.36. The monoisotopic (exact) mass is 234 g/mol. The first-order valence-electron chi connectivity index (χ1n) is 3.64. The van der Waals surface area contributed by atoms with Gasteiger partial charge in [0, 0.05) is 29.8 Å². The first kappa shape index (κ1) is 11.3. The minimum absolute atomic E-state index is 0.00240. The van der Waals surface area contributed by atoms with E-state index in [1.165, 1.54) is 0 Å². The number of carbonyl (C=O) groups excluding carboxylic acids is 1. The van der Waals surface area contributed by atoms with Crippen LogP contribution in [0.4, 0.5) is 0 Å². The van der Waals surface area contributed by atoms with Gasteiger partial charge in [-0.05, 0) is 12.0 Å². The van der Waals surface area contributed by atoms with Crippen LogP contribution in [0, 0.1) is 0 Å². The molecule has 0 saturated carbocycles. The van der Waals surface area contributed by atoms with Crippen molar-refractivity contribution in [2.45, 2.75) is 12.8 Å². The molecule has 0 aromatic heterocycles. The molecule has 1 amide bonds. The molecule has 6 heteroatoms. The Labute approximate surface area is 79.3 Å². The van der Waals surface area contributed by atoms with Crippen molar-refractivity contribution in [1.82, 2.24) is 5.32 Å². The van der Waals surface area contributed by atoms with Crippen LogP contribution in [-0.2, 0) is 4.79 Å². The van der Waals surface area contributed by atoms with Crippen LogP contribution in [-0.4, -0.2) is 24.3 Å². The number of alkyl halides is 1. The van der Waals surface area contributed by atoms with E-state index in [1.54, 1.807) is 0 Å². The number of amides is 1. The number of carbonyl (C=O) groups is 1. The van der Waals surface area contributed by atoms with Gasteiger partial charge in [0.1, 0.15) is 0 Å². The Morgan fingerprint density at radius 3 is 3.00 bits per heavy atom. The van der Waals surface area contributed by atoms with Gasteiger partial charge in [0.2, 0.25) is 5.91 Å². The fraction of sp³-hybridized carbons (Fsp3) is 0.833. The highest BCUT2D eigenvalue weighted by Gasteiger charge is 1.97. The SMILES string of the molecule is [N-]=[N+]=NCCCC(=O)NCCBr. The summed E-state index contributed by atoms with van der Waals surface area (Å²) in [5, 5.41) is 6.76. The summed E-state index contributed by atoms with van der Waals surface area (Å²) in [6.45, 7) is 1.03. The topological polar surface area (TPSA) is 77.9 Å². The van der Waals surface area contributed by atoms with Gasteiger partial charge in [0.05, 0.1) is 0 Å². The summed E-state index contributed by atoms with van der Waals surface area (Å²) < 4.78 is 0. The first-order chi connectivity index (χ1) is 5.81. The Balaban J connectivity index is 3.25. The molecule has 0 aliphatic rings. The molecule has 0 rings (SSSR count). The van der Waals surface area contributed by atoms with Crippen LogP contribution in [0.15, 0.2) is 5.11 Å². The second-order valence-corrected chi connectivity index (χ2v) is 2.89. The predicted octanol–water partition coefficient (Wildman–Crippen LogP) is 1.59. The lowest BCUT2D eigenvalue weighted by atomic mass is 10.3. The zero-order chi connectivity index (χ0) is 9.23. The summed E-state index contributed by atoms with van der Waals surface area (Å²) in [4.78, 5) is 13.5. The van der Waals surface area contributed by atoms with Crippen molar-refractivity contribution in [1.29, 1.82) is 0 Å². The van der Waals surface area contributed by atoms with E-state index < -0.39 is 0 Å². The van der Waals surface area contributed by atoms with E-state index in [2.05, 4.69) is 31.3 Å². The van der Waals surface area contributed by atoms with E-state index in [0.29, 0.717) is 25.9 Å². The molecule has 1 N–H and O–H groups in total. The number of rotatable bonds is 6. The Morgan fingerprint density at radius 1 is 1.67 bits per heavy atom. The van der Waals surface area contributed by atoms with Crippen LogP contribution in [0.3, 0.4) is 0 Å². The quantitative estimate of drug-likeness (QED) is 0.245. The number of hydrogen-bond donors (Lipinski definition) is 1. The molecule has 12 heavy (non-hydrogen) atoms. The summed E-state index contributed by atoms with van der Waals surface area (Å²) in [7, 11) is 0. The van der Waals surface area contributed by atoms with Gasteiger partial charge < -0.3 is 5.32 Å². The van der Waals surface area contributed by atoms with Crippen LogP contribution in [0.5, 0.6) is 0 Å². The number of hydrogen-bond acceptors (Lipinski definition) is 2. The zero-order valence-electron chi connectivity index (χ0n) is 6.66. The highest BCUT2D eigenvalue weighted by atomic mass is 79.9. The highest BCUT2D eigenvalue weighted by molar-refractivity contribution is 9.09. The molecule has 0 saturated heterocycles. The maximum atomic E-state index is 10.9. The van der Waals surface area contributed by atoms with Crippen molar-refractivity contribution in [2.24, 2.45) is 5.11 Å². The molecule has 0 aromatic rings. The lowest BCUT2D eigenvalue weighted by Gasteiger charge is -2.00. The lowest BCUT2D eigenvalue weighted by Crippen LogP contribution is -2.24. The van der Waals surface area contributed by atoms with Crippen LogP contribution in [0.1, 0.15) is 12.8 Å². The van der Waals surface area contributed by atoms with Crippen molar-refractivity contribution in [2.75, 3.05) is 18.4 Å². The van der Waals surface area contributed by atoms with Gasteiger partial charge in [0.15, 0.2) is 0 Å². The molecular weight excluding hydrogens is 224 g/mol. The molecule has 0 heterocycles. The third kappa shape index (κ3) is 7.37. The molecule has 0 aliphatic carbocycles. The number of nitrogens with zero attached hydrogens (tertiary/aromatic N) is 3. The minimum Gasteiger partial charge on any atom is -0.355 e. The molecule has 68 valence electrons. The van der Waals surface area contributed by atoms with Gasteiger partial charge in [-0.3, -0.25) is 4.79 Å². The molecule has 0 atom stereocenters. The third-order valence-corrected chi connectivity index (χ3v) is 1.54. The molecule has 0 spiro atoms. The minimum atomic E-state index is 0.00240. The van der Waals surface area contributed by atoms with Gasteiger partial charge in [-0.2, -0.15) is 0 Å². The molecule has 0 aromatic carbocycles. The summed E-state index contributed by atoms with van der Waals surface area (Å²) in [6.07, 6.45) is 1.03. The lowest BCUT2D eigenvalue weighted by molar-refractivity contribution is -0.121. The van der Waals surface area contributed by atoms with Crippen molar-refractivity contribution in [3.05, 3.63) is 10.4 Å². The van der Waals surface area contributed by atoms with E-state index in [0.717, 1.165) is 5.33 Å². The summed E-state index contributed by atoms with van der Waals surface area (Å²) in [6, 6.07) is 0. The summed E-state index contributed by atoms with van der Waals surface area (Å²) in [5.41, 5.74) is 7.92. The molecule has 0 radical (unpaired) electrons. The second-order valence-electron chi connectivity index (χ2n) is 2.10. The predicted molar refractivity (Wildman–Crippen MR) is 50.1 cm³/mol. The Bertz CT molecular complexity index is 178. The van der Waals surface area contributed by atoms with Crippen LogP contribution in [0.2, 0.25) is 0 Å². The fourth-order valence-corrected chi connectivity index (χ4v) is 0.828. The fourth-order valence-electron chi connectivity index (χ4n) is 0.630. The Kier molecular flexibility index (Phi) is 7.84. The van der Waals surface area contributed by atoms with E-state index in [-0.39, 0.29) is 5.91 Å². The number of nitrogens with one attached hydrogen (secondary N) is 1. The van der Waals surface area contributed by atoms with Crippen LogP contribution >= 0.6 is 15.9 Å². The molecule has 0 bridgehead atoms. The van der Waals surface area contributed by atoms with Crippen molar-refractivity contribution < 1.29 is 4.79 Å². The highest BCUT2D eigenvalue weighted by Crippen LogP contribution is 1.89. The largest absolute Gasteiger partial charge is 0.355 e. The normalized spacial score (nSPS) is 8.75. The van der Waals surface area contributed by atoms with Gasteiger partial charge >= 0.3 is 0 Å². The van der Waals surface area contributed by atoms with Crippen molar-refractivity contribution >= 4 is 21.8 Å².